The van der Waals surface area contributed by atoms with Gasteiger partial charge in [0.15, 0.2) is 0 Å². The number of hydrogen-bond donors (Lipinski definition) is 1. The molecule has 0 aliphatic rings. The molecule has 2 rings (SSSR count). The van der Waals surface area contributed by atoms with Gasteiger partial charge < -0.3 is 15.0 Å². The molecule has 1 heterocycles. The predicted octanol–water partition coefficient (Wildman–Crippen LogP) is 2.28. The van der Waals surface area contributed by atoms with E-state index in [1.165, 1.54) is 0 Å². The maximum absolute atomic E-state index is 5.82. The van der Waals surface area contributed by atoms with E-state index in [0.29, 0.717) is 23.2 Å². The maximum atomic E-state index is 5.82. The average molecular weight is 233 g/mol. The van der Waals surface area contributed by atoms with Gasteiger partial charge in [0.2, 0.25) is 11.7 Å². The van der Waals surface area contributed by atoms with Crippen molar-refractivity contribution in [1.29, 1.82) is 0 Å². The normalized spacial score (nSPS) is 10.5. The van der Waals surface area contributed by atoms with Crippen LogP contribution in [0.3, 0.4) is 0 Å². The lowest BCUT2D eigenvalue weighted by Crippen LogP contribution is -1.93. The van der Waals surface area contributed by atoms with Crippen LogP contribution in [0.2, 0.25) is 0 Å². The molecule has 0 unspecified atom stereocenters. The van der Waals surface area contributed by atoms with Gasteiger partial charge in [0.25, 0.3) is 0 Å². The second-order valence-corrected chi connectivity index (χ2v) is 3.72. The van der Waals surface area contributed by atoms with Crippen LogP contribution in [0.5, 0.6) is 5.75 Å². The molecule has 5 heteroatoms. The molecule has 0 amide bonds. The molecule has 0 bridgehead atoms. The molecule has 2 aromatic rings. The standard InChI is InChI=1S/C12H15N3O2/c1-3-4-11-14-12(15-17-11)8-5-6-10(16-2)9(13)7-8/h5-7H,3-4,13H2,1-2H3. The summed E-state index contributed by atoms with van der Waals surface area (Å²) in [5.74, 6) is 1.85. The third-order valence-corrected chi connectivity index (χ3v) is 2.42. The maximum Gasteiger partial charge on any atom is 0.226 e. The van der Waals surface area contributed by atoms with E-state index in [0.717, 1.165) is 18.4 Å². The highest BCUT2D eigenvalue weighted by Gasteiger charge is 2.09. The van der Waals surface area contributed by atoms with E-state index in [4.69, 9.17) is 15.0 Å². The Morgan fingerprint density at radius 3 is 2.88 bits per heavy atom. The van der Waals surface area contributed by atoms with Crippen LogP contribution in [0.25, 0.3) is 11.4 Å². The van der Waals surface area contributed by atoms with Crippen LogP contribution in [0.15, 0.2) is 22.7 Å². The van der Waals surface area contributed by atoms with Crippen molar-refractivity contribution >= 4 is 5.69 Å². The second-order valence-electron chi connectivity index (χ2n) is 3.72. The summed E-state index contributed by atoms with van der Waals surface area (Å²) in [6.45, 7) is 2.06. The number of benzene rings is 1. The number of nitrogens with two attached hydrogens (primary N) is 1. The van der Waals surface area contributed by atoms with Gasteiger partial charge in [-0.1, -0.05) is 12.1 Å². The molecule has 0 spiro atoms. The quantitative estimate of drug-likeness (QED) is 0.820. The highest BCUT2D eigenvalue weighted by atomic mass is 16.5. The van der Waals surface area contributed by atoms with Crippen LogP contribution < -0.4 is 10.5 Å². The lowest BCUT2D eigenvalue weighted by atomic mass is 10.2. The van der Waals surface area contributed by atoms with Gasteiger partial charge in [0, 0.05) is 12.0 Å². The first-order valence-corrected chi connectivity index (χ1v) is 5.51. The zero-order valence-electron chi connectivity index (χ0n) is 9.93. The van der Waals surface area contributed by atoms with Gasteiger partial charge in [0.05, 0.1) is 12.8 Å². The Balaban J connectivity index is 2.29. The van der Waals surface area contributed by atoms with Gasteiger partial charge in [0.1, 0.15) is 5.75 Å². The molecule has 0 aliphatic carbocycles. The molecular formula is C12H15N3O2. The van der Waals surface area contributed by atoms with Crippen LogP contribution in [-0.2, 0) is 6.42 Å². The van der Waals surface area contributed by atoms with E-state index >= 15 is 0 Å². The fraction of sp³-hybridized carbons (Fsp3) is 0.333. The van der Waals surface area contributed by atoms with Gasteiger partial charge >= 0.3 is 0 Å². The second kappa shape index (κ2) is 4.86. The molecule has 17 heavy (non-hydrogen) atoms. The summed E-state index contributed by atoms with van der Waals surface area (Å²) in [6.07, 6.45) is 1.77. The minimum Gasteiger partial charge on any atom is -0.495 e. The molecular weight excluding hydrogens is 218 g/mol. The Hall–Kier alpha value is -2.04. The predicted molar refractivity (Wildman–Crippen MR) is 64.7 cm³/mol. The number of anilines is 1. The van der Waals surface area contributed by atoms with E-state index in [-0.39, 0.29) is 0 Å². The number of ether oxygens (including phenoxy) is 1. The highest BCUT2D eigenvalue weighted by Crippen LogP contribution is 2.26. The van der Waals surface area contributed by atoms with Gasteiger partial charge in [-0.2, -0.15) is 4.98 Å². The number of nitrogen functional groups attached to an aromatic ring is 1. The van der Waals surface area contributed by atoms with Crippen LogP contribution in [0.1, 0.15) is 19.2 Å². The smallest absolute Gasteiger partial charge is 0.226 e. The number of hydrogen-bond acceptors (Lipinski definition) is 5. The Labute approximate surface area is 99.6 Å². The largest absolute Gasteiger partial charge is 0.495 e. The zero-order chi connectivity index (χ0) is 12.3. The molecule has 0 aliphatic heterocycles. The molecule has 90 valence electrons. The van der Waals surface area contributed by atoms with Gasteiger partial charge in [-0.05, 0) is 24.6 Å². The van der Waals surface area contributed by atoms with E-state index in [1.807, 2.05) is 6.07 Å². The summed E-state index contributed by atoms with van der Waals surface area (Å²) in [5.41, 5.74) is 7.21. The van der Waals surface area contributed by atoms with E-state index in [1.54, 1.807) is 19.2 Å². The minimum atomic E-state index is 0.558. The molecule has 0 radical (unpaired) electrons. The summed E-state index contributed by atoms with van der Waals surface area (Å²) in [4.78, 5) is 4.29. The number of rotatable bonds is 4. The lowest BCUT2D eigenvalue weighted by molar-refractivity contribution is 0.378. The van der Waals surface area contributed by atoms with Crippen LogP contribution in [-0.4, -0.2) is 17.3 Å². The van der Waals surface area contributed by atoms with Crippen molar-refractivity contribution in [3.05, 3.63) is 24.1 Å². The molecule has 5 nitrogen and oxygen atoms in total. The minimum absolute atomic E-state index is 0.558. The summed E-state index contributed by atoms with van der Waals surface area (Å²) in [5, 5.41) is 3.92. The van der Waals surface area contributed by atoms with Crippen molar-refractivity contribution < 1.29 is 9.26 Å². The SMILES string of the molecule is CCCc1nc(-c2ccc(OC)c(N)c2)no1. The number of methoxy groups -OCH3 is 1. The van der Waals surface area contributed by atoms with E-state index < -0.39 is 0 Å². The van der Waals surface area contributed by atoms with Crippen molar-refractivity contribution in [2.75, 3.05) is 12.8 Å². The van der Waals surface area contributed by atoms with Gasteiger partial charge in [-0.15, -0.1) is 0 Å². The molecule has 0 saturated carbocycles. The molecule has 1 aromatic heterocycles. The highest BCUT2D eigenvalue weighted by molar-refractivity contribution is 5.65. The topological polar surface area (TPSA) is 74.2 Å². The van der Waals surface area contributed by atoms with Crippen molar-refractivity contribution in [1.82, 2.24) is 10.1 Å². The molecule has 0 atom stereocenters. The van der Waals surface area contributed by atoms with Crippen LogP contribution in [0.4, 0.5) is 5.69 Å². The Kier molecular flexibility index (Phi) is 3.27. The Morgan fingerprint density at radius 2 is 2.24 bits per heavy atom. The first-order chi connectivity index (χ1) is 8.24. The van der Waals surface area contributed by atoms with Crippen LogP contribution in [0, 0.1) is 0 Å². The molecule has 0 saturated heterocycles. The summed E-state index contributed by atoms with van der Waals surface area (Å²) >= 11 is 0. The number of aryl methyl sites for hydroxylation is 1. The van der Waals surface area contributed by atoms with Crippen molar-refractivity contribution in [2.45, 2.75) is 19.8 Å². The average Bonchev–Trinajstić information content (AvgIpc) is 2.78. The van der Waals surface area contributed by atoms with Crippen molar-refractivity contribution in [3.8, 4) is 17.1 Å². The fourth-order valence-corrected chi connectivity index (χ4v) is 1.56. The third kappa shape index (κ3) is 2.38. The number of aromatic nitrogens is 2. The molecule has 0 fully saturated rings. The van der Waals surface area contributed by atoms with Gasteiger partial charge in [-0.3, -0.25) is 0 Å². The summed E-state index contributed by atoms with van der Waals surface area (Å²) in [7, 11) is 1.58. The van der Waals surface area contributed by atoms with E-state index in [9.17, 15) is 0 Å². The number of nitrogens with zero attached hydrogens (tertiary/aromatic N) is 2. The fourth-order valence-electron chi connectivity index (χ4n) is 1.56. The van der Waals surface area contributed by atoms with Crippen LogP contribution >= 0.6 is 0 Å². The molecule has 1 aromatic carbocycles. The Bertz CT molecular complexity index is 508. The summed E-state index contributed by atoms with van der Waals surface area (Å²) < 4.78 is 10.2. The van der Waals surface area contributed by atoms with Gasteiger partial charge in [-0.25, -0.2) is 0 Å². The molecule has 2 N–H and O–H groups in total. The Morgan fingerprint density at radius 1 is 1.41 bits per heavy atom. The monoisotopic (exact) mass is 233 g/mol. The lowest BCUT2D eigenvalue weighted by Gasteiger charge is -2.04. The van der Waals surface area contributed by atoms with E-state index in [2.05, 4.69) is 17.1 Å². The zero-order valence-corrected chi connectivity index (χ0v) is 9.93. The van der Waals surface area contributed by atoms with Crippen molar-refractivity contribution in [2.24, 2.45) is 0 Å². The third-order valence-electron chi connectivity index (χ3n) is 2.42. The van der Waals surface area contributed by atoms with Crippen molar-refractivity contribution in [3.63, 3.8) is 0 Å². The first kappa shape index (κ1) is 11.4. The first-order valence-electron chi connectivity index (χ1n) is 5.51. The summed E-state index contributed by atoms with van der Waals surface area (Å²) in [6, 6.07) is 5.43.